The fourth-order valence-electron chi connectivity index (χ4n) is 3.34. The zero-order valence-corrected chi connectivity index (χ0v) is 18.4. The van der Waals surface area contributed by atoms with Crippen molar-refractivity contribution in [2.45, 2.75) is 0 Å². The number of thiazole rings is 2. The fraction of sp³-hybridized carbons (Fsp3) is 0.0417. The topological polar surface area (TPSA) is 68.6 Å². The Labute approximate surface area is 187 Å². The Balaban J connectivity index is 1.75. The summed E-state index contributed by atoms with van der Waals surface area (Å²) < 4.78 is 3.11. The van der Waals surface area contributed by atoms with Crippen LogP contribution in [0.5, 0.6) is 0 Å². The van der Waals surface area contributed by atoms with Crippen LogP contribution in [-0.4, -0.2) is 22.4 Å². The number of rotatable bonds is 3. The molecule has 0 spiro atoms. The first-order chi connectivity index (χ1) is 15.2. The molecule has 0 bridgehead atoms. The lowest BCUT2D eigenvalue weighted by Gasteiger charge is -2.06. The van der Waals surface area contributed by atoms with Gasteiger partial charge in [0, 0.05) is 18.3 Å². The normalized spacial score (nSPS) is 12.5. The molecule has 0 fully saturated rings. The molecule has 31 heavy (non-hydrogen) atoms. The van der Waals surface area contributed by atoms with Crippen molar-refractivity contribution in [1.82, 2.24) is 9.55 Å². The predicted octanol–water partition coefficient (Wildman–Crippen LogP) is 5.38. The number of nitrogens with two attached hydrogens (primary N) is 1. The van der Waals surface area contributed by atoms with Gasteiger partial charge in [0.05, 0.1) is 10.2 Å². The van der Waals surface area contributed by atoms with E-state index in [2.05, 4.69) is 11.1 Å². The van der Waals surface area contributed by atoms with Crippen molar-refractivity contribution >= 4 is 44.5 Å². The summed E-state index contributed by atoms with van der Waals surface area (Å²) >= 11 is 3.16. The second-order valence-electron chi connectivity index (χ2n) is 6.78. The molecule has 152 valence electrons. The molecule has 2 aromatic heterocycles. The van der Waals surface area contributed by atoms with Crippen LogP contribution in [0.2, 0.25) is 0 Å². The molecule has 5 nitrogen and oxygen atoms in total. The first-order valence-electron chi connectivity index (χ1n) is 9.74. The minimum atomic E-state index is 0.623. The number of para-hydroxylation sites is 2. The highest BCUT2D eigenvalue weighted by Gasteiger charge is 2.18. The third kappa shape index (κ3) is 3.69. The summed E-state index contributed by atoms with van der Waals surface area (Å²) in [6, 6.07) is 28.1. The maximum atomic E-state index is 6.69. The van der Waals surface area contributed by atoms with Gasteiger partial charge in [0.2, 0.25) is 0 Å². The molecule has 0 amide bonds. The maximum Gasteiger partial charge on any atom is 0.198 e. The summed E-state index contributed by atoms with van der Waals surface area (Å²) in [4.78, 5) is 15.8. The Morgan fingerprint density at radius 3 is 2.26 bits per heavy atom. The van der Waals surface area contributed by atoms with E-state index in [1.165, 1.54) is 11.3 Å². The Morgan fingerprint density at radius 2 is 1.55 bits per heavy atom. The van der Waals surface area contributed by atoms with Crippen molar-refractivity contribution in [3.05, 3.63) is 95.3 Å². The number of nitrogens with zero attached hydrogens (tertiary/aromatic N) is 4. The zero-order valence-electron chi connectivity index (χ0n) is 16.8. The molecule has 2 heterocycles. The van der Waals surface area contributed by atoms with Gasteiger partial charge in [0.25, 0.3) is 0 Å². The highest BCUT2D eigenvalue weighted by Crippen LogP contribution is 2.36. The van der Waals surface area contributed by atoms with Gasteiger partial charge in [0.1, 0.15) is 15.7 Å². The first kappa shape index (κ1) is 19.4. The smallest absolute Gasteiger partial charge is 0.198 e. The van der Waals surface area contributed by atoms with Gasteiger partial charge in [-0.2, -0.15) is 0 Å². The average Bonchev–Trinajstić information content (AvgIpc) is 3.39. The van der Waals surface area contributed by atoms with Crippen LogP contribution in [0.25, 0.3) is 25.8 Å². The second kappa shape index (κ2) is 8.29. The lowest BCUT2D eigenvalue weighted by atomic mass is 10.2. The number of aromatic nitrogens is 2. The molecular weight excluding hydrogens is 422 g/mol. The standard InChI is InChI=1S/C24H19N5S2/c1-26-22(16-10-4-2-5-11-16)28-24-29(17-12-6-3-7-13-17)21(25)20(31-24)23-27-18-14-8-9-15-19(18)30-23/h2-15H,25H2,1H3. The third-order valence-corrected chi connectivity index (χ3v) is 7.05. The zero-order chi connectivity index (χ0) is 21.2. The minimum Gasteiger partial charge on any atom is -0.383 e. The van der Waals surface area contributed by atoms with E-state index >= 15 is 0 Å². The number of amidine groups is 1. The summed E-state index contributed by atoms with van der Waals surface area (Å²) in [5.74, 6) is 1.28. The summed E-state index contributed by atoms with van der Waals surface area (Å²) in [5, 5.41) is 0.893. The number of benzene rings is 3. The highest BCUT2D eigenvalue weighted by atomic mass is 32.1. The summed E-state index contributed by atoms with van der Waals surface area (Å²) in [7, 11) is 1.75. The van der Waals surface area contributed by atoms with Crippen LogP contribution in [0, 0.1) is 0 Å². The molecule has 5 rings (SSSR count). The van der Waals surface area contributed by atoms with Crippen LogP contribution in [0.3, 0.4) is 0 Å². The SMILES string of the molecule is CN=C(N=c1sc(-c2nc3ccccc3s2)c(N)n1-c1ccccc1)c1ccccc1. The van der Waals surface area contributed by atoms with Crippen LogP contribution in [0.1, 0.15) is 5.56 Å². The first-order valence-corrected chi connectivity index (χ1v) is 11.4. The molecule has 0 unspecified atom stereocenters. The molecule has 5 aromatic rings. The highest BCUT2D eigenvalue weighted by molar-refractivity contribution is 7.25. The van der Waals surface area contributed by atoms with E-state index in [-0.39, 0.29) is 0 Å². The molecular formula is C24H19N5S2. The van der Waals surface area contributed by atoms with Crippen molar-refractivity contribution in [2.24, 2.45) is 9.98 Å². The van der Waals surface area contributed by atoms with E-state index in [0.717, 1.165) is 36.2 Å². The van der Waals surface area contributed by atoms with E-state index in [1.807, 2.05) is 83.4 Å². The predicted molar refractivity (Wildman–Crippen MR) is 131 cm³/mol. The van der Waals surface area contributed by atoms with Gasteiger partial charge in [-0.1, -0.05) is 72.0 Å². The lowest BCUT2D eigenvalue weighted by molar-refractivity contribution is 1.02. The number of anilines is 1. The van der Waals surface area contributed by atoms with Crippen LogP contribution < -0.4 is 10.5 Å². The molecule has 0 saturated carbocycles. The summed E-state index contributed by atoms with van der Waals surface area (Å²) in [6.45, 7) is 0. The third-order valence-electron chi connectivity index (χ3n) is 4.81. The van der Waals surface area contributed by atoms with Crippen LogP contribution in [-0.2, 0) is 0 Å². The van der Waals surface area contributed by atoms with Crippen molar-refractivity contribution in [2.75, 3.05) is 12.8 Å². The molecule has 0 saturated heterocycles. The van der Waals surface area contributed by atoms with Crippen LogP contribution in [0.15, 0.2) is 94.9 Å². The molecule has 2 N–H and O–H groups in total. The van der Waals surface area contributed by atoms with Gasteiger partial charge in [-0.15, -0.1) is 11.3 Å². The Morgan fingerprint density at radius 1 is 0.871 bits per heavy atom. The quantitative estimate of drug-likeness (QED) is 0.302. The number of hydrogen-bond donors (Lipinski definition) is 1. The van der Waals surface area contributed by atoms with Crippen molar-refractivity contribution in [3.63, 3.8) is 0 Å². The van der Waals surface area contributed by atoms with Gasteiger partial charge in [-0.25, -0.2) is 9.98 Å². The number of aliphatic imine (C=N–C) groups is 1. The van der Waals surface area contributed by atoms with Gasteiger partial charge in [-0.05, 0) is 24.3 Å². The van der Waals surface area contributed by atoms with E-state index < -0.39 is 0 Å². The van der Waals surface area contributed by atoms with Gasteiger partial charge in [0.15, 0.2) is 10.6 Å². The molecule has 0 radical (unpaired) electrons. The van der Waals surface area contributed by atoms with Crippen molar-refractivity contribution < 1.29 is 0 Å². The molecule has 0 aliphatic rings. The maximum absolute atomic E-state index is 6.69. The van der Waals surface area contributed by atoms with E-state index in [0.29, 0.717) is 11.7 Å². The average molecular weight is 442 g/mol. The summed E-state index contributed by atoms with van der Waals surface area (Å²) in [6.07, 6.45) is 0. The number of fused-ring (bicyclic) bond motifs is 1. The summed E-state index contributed by atoms with van der Waals surface area (Å²) in [5.41, 5.74) is 9.56. The molecule has 0 atom stereocenters. The number of hydrogen-bond acceptors (Lipinski definition) is 5. The Hall–Kier alpha value is -3.55. The minimum absolute atomic E-state index is 0.623. The van der Waals surface area contributed by atoms with Gasteiger partial charge < -0.3 is 5.73 Å². The van der Waals surface area contributed by atoms with Crippen molar-refractivity contribution in [1.29, 1.82) is 0 Å². The Bertz CT molecular complexity index is 1410. The number of nitrogen functional groups attached to an aromatic ring is 1. The largest absolute Gasteiger partial charge is 0.383 e. The van der Waals surface area contributed by atoms with Crippen LogP contribution >= 0.6 is 22.7 Å². The van der Waals surface area contributed by atoms with Crippen LogP contribution in [0.4, 0.5) is 5.82 Å². The molecule has 7 heteroatoms. The van der Waals surface area contributed by atoms with E-state index in [9.17, 15) is 0 Å². The fourth-order valence-corrected chi connectivity index (χ4v) is 5.44. The van der Waals surface area contributed by atoms with Gasteiger partial charge >= 0.3 is 0 Å². The monoisotopic (exact) mass is 441 g/mol. The molecule has 0 aliphatic carbocycles. The van der Waals surface area contributed by atoms with Gasteiger partial charge in [-0.3, -0.25) is 9.56 Å². The molecule has 0 aliphatic heterocycles. The van der Waals surface area contributed by atoms with E-state index in [4.69, 9.17) is 15.7 Å². The van der Waals surface area contributed by atoms with E-state index in [1.54, 1.807) is 18.4 Å². The second-order valence-corrected chi connectivity index (χ2v) is 8.79. The lowest BCUT2D eigenvalue weighted by Crippen LogP contribution is -2.17. The molecule has 3 aromatic carbocycles. The Kier molecular flexibility index (Phi) is 5.19. The van der Waals surface area contributed by atoms with Crippen molar-refractivity contribution in [3.8, 4) is 15.6 Å².